The topological polar surface area (TPSA) is 66.4 Å². The number of carboxylic acid groups (broad SMARTS) is 1. The summed E-state index contributed by atoms with van der Waals surface area (Å²) in [5.41, 5.74) is 1.42. The molecule has 0 aliphatic carbocycles. The van der Waals surface area contributed by atoms with Gasteiger partial charge in [-0.3, -0.25) is 9.59 Å². The van der Waals surface area contributed by atoms with Crippen LogP contribution in [0.5, 0.6) is 0 Å². The third-order valence-corrected chi connectivity index (χ3v) is 3.58. The predicted octanol–water partition coefficient (Wildman–Crippen LogP) is 1.92. The lowest BCUT2D eigenvalue weighted by Crippen LogP contribution is -2.19. The highest BCUT2D eigenvalue weighted by Gasteiger charge is 2.19. The average molecular weight is 237 g/mol. The van der Waals surface area contributed by atoms with Crippen molar-refractivity contribution in [1.82, 2.24) is 0 Å². The van der Waals surface area contributed by atoms with E-state index < -0.39 is 11.9 Å². The Bertz CT molecular complexity index is 459. The largest absolute Gasteiger partial charge is 0.481 e. The summed E-state index contributed by atoms with van der Waals surface area (Å²) < 4.78 is 0. The molecule has 0 radical (unpaired) electrons. The van der Waals surface area contributed by atoms with Gasteiger partial charge in [0.05, 0.1) is 17.4 Å². The lowest BCUT2D eigenvalue weighted by molar-refractivity contribution is -0.138. The number of benzene rings is 1. The van der Waals surface area contributed by atoms with Gasteiger partial charge in [-0.2, -0.15) is 0 Å². The summed E-state index contributed by atoms with van der Waals surface area (Å²) in [5.74, 6) is -1.05. The first kappa shape index (κ1) is 11.0. The number of rotatable bonds is 2. The van der Waals surface area contributed by atoms with E-state index in [1.165, 1.54) is 11.8 Å². The molecule has 0 bridgehead atoms. The summed E-state index contributed by atoms with van der Waals surface area (Å²) in [4.78, 5) is 23.0. The molecule has 1 aliphatic rings. The van der Waals surface area contributed by atoms with Crippen molar-refractivity contribution in [3.8, 4) is 0 Å². The second-order valence-electron chi connectivity index (χ2n) is 3.65. The lowest BCUT2D eigenvalue weighted by atomic mass is 10.0. The molecule has 1 aliphatic heterocycles. The number of anilines is 1. The molecule has 0 saturated carbocycles. The van der Waals surface area contributed by atoms with Gasteiger partial charge in [-0.05, 0) is 24.6 Å². The van der Waals surface area contributed by atoms with Crippen molar-refractivity contribution in [2.75, 3.05) is 11.1 Å². The fourth-order valence-corrected chi connectivity index (χ4v) is 2.30. The molecule has 4 nitrogen and oxygen atoms in total. The van der Waals surface area contributed by atoms with E-state index in [2.05, 4.69) is 5.32 Å². The maximum Gasteiger partial charge on any atom is 0.310 e. The van der Waals surface area contributed by atoms with Crippen LogP contribution in [0.25, 0.3) is 0 Å². The van der Waals surface area contributed by atoms with Crippen molar-refractivity contribution >= 4 is 29.3 Å². The van der Waals surface area contributed by atoms with Crippen LogP contribution in [-0.4, -0.2) is 22.7 Å². The van der Waals surface area contributed by atoms with Gasteiger partial charge < -0.3 is 10.4 Å². The zero-order chi connectivity index (χ0) is 11.7. The normalized spacial score (nSPS) is 16.2. The summed E-state index contributed by atoms with van der Waals surface area (Å²) in [5, 5.41) is 11.6. The third kappa shape index (κ3) is 2.04. The Hall–Kier alpha value is -1.49. The van der Waals surface area contributed by atoms with Gasteiger partial charge in [0, 0.05) is 4.90 Å². The Kier molecular flexibility index (Phi) is 2.87. The molecule has 1 unspecified atom stereocenters. The molecule has 1 amide bonds. The van der Waals surface area contributed by atoms with Gasteiger partial charge in [0.15, 0.2) is 0 Å². The first-order valence-electron chi connectivity index (χ1n) is 4.87. The Labute approximate surface area is 97.0 Å². The molecule has 84 valence electrons. The van der Waals surface area contributed by atoms with Crippen LogP contribution in [0, 0.1) is 0 Å². The highest BCUT2D eigenvalue weighted by atomic mass is 32.2. The van der Waals surface area contributed by atoms with Gasteiger partial charge in [-0.15, -0.1) is 11.8 Å². The Balaban J connectivity index is 2.34. The highest BCUT2D eigenvalue weighted by Crippen LogP contribution is 2.33. The number of carbonyl (C=O) groups excluding carboxylic acids is 1. The van der Waals surface area contributed by atoms with E-state index in [1.807, 2.05) is 6.07 Å². The van der Waals surface area contributed by atoms with Crippen LogP contribution in [0.2, 0.25) is 0 Å². The summed E-state index contributed by atoms with van der Waals surface area (Å²) >= 11 is 1.47. The molecular formula is C11H11NO3S. The van der Waals surface area contributed by atoms with E-state index in [1.54, 1.807) is 19.1 Å². The number of fused-ring (bicyclic) bond motifs is 1. The third-order valence-electron chi connectivity index (χ3n) is 2.51. The van der Waals surface area contributed by atoms with Crippen LogP contribution < -0.4 is 5.32 Å². The molecule has 0 aromatic heterocycles. The van der Waals surface area contributed by atoms with Crippen LogP contribution in [0.1, 0.15) is 18.4 Å². The van der Waals surface area contributed by atoms with Crippen LogP contribution in [-0.2, 0) is 9.59 Å². The van der Waals surface area contributed by atoms with Gasteiger partial charge in [0.1, 0.15) is 0 Å². The molecule has 5 heteroatoms. The molecule has 0 saturated heterocycles. The van der Waals surface area contributed by atoms with E-state index in [0.717, 1.165) is 4.90 Å². The van der Waals surface area contributed by atoms with Gasteiger partial charge in [0.25, 0.3) is 0 Å². The number of hydrogen-bond donors (Lipinski definition) is 2. The van der Waals surface area contributed by atoms with E-state index >= 15 is 0 Å². The summed E-state index contributed by atoms with van der Waals surface area (Å²) in [6, 6.07) is 5.38. The minimum Gasteiger partial charge on any atom is -0.481 e. The Morgan fingerprint density at radius 1 is 1.56 bits per heavy atom. The molecule has 0 spiro atoms. The lowest BCUT2D eigenvalue weighted by Gasteiger charge is -2.18. The van der Waals surface area contributed by atoms with Crippen molar-refractivity contribution in [2.45, 2.75) is 17.7 Å². The Morgan fingerprint density at radius 3 is 3.00 bits per heavy atom. The van der Waals surface area contributed by atoms with Crippen molar-refractivity contribution < 1.29 is 14.7 Å². The number of aliphatic carboxylic acids is 1. The molecule has 0 fully saturated rings. The molecule has 1 atom stereocenters. The monoisotopic (exact) mass is 237 g/mol. The number of carboxylic acids is 1. The number of hydrogen-bond acceptors (Lipinski definition) is 3. The van der Waals surface area contributed by atoms with Crippen LogP contribution in [0.4, 0.5) is 5.69 Å². The number of thioether (sulfide) groups is 1. The maximum atomic E-state index is 11.2. The molecule has 1 aromatic carbocycles. The van der Waals surface area contributed by atoms with E-state index in [0.29, 0.717) is 17.0 Å². The quantitative estimate of drug-likeness (QED) is 0.824. The molecule has 1 heterocycles. The number of carbonyl (C=O) groups is 2. The fraction of sp³-hybridized carbons (Fsp3) is 0.273. The summed E-state index contributed by atoms with van der Waals surface area (Å²) in [7, 11) is 0. The molecule has 2 N–H and O–H groups in total. The van der Waals surface area contributed by atoms with Crippen molar-refractivity contribution in [3.05, 3.63) is 23.8 Å². The second kappa shape index (κ2) is 4.17. The van der Waals surface area contributed by atoms with Gasteiger partial charge in [-0.1, -0.05) is 6.07 Å². The van der Waals surface area contributed by atoms with Gasteiger partial charge in [0.2, 0.25) is 5.91 Å². The summed E-state index contributed by atoms with van der Waals surface area (Å²) in [6.45, 7) is 1.63. The van der Waals surface area contributed by atoms with E-state index in [4.69, 9.17) is 5.11 Å². The van der Waals surface area contributed by atoms with Crippen molar-refractivity contribution in [1.29, 1.82) is 0 Å². The van der Waals surface area contributed by atoms with Crippen molar-refractivity contribution in [3.63, 3.8) is 0 Å². The maximum absolute atomic E-state index is 11.2. The minimum atomic E-state index is -0.866. The standard InChI is InChI=1S/C11H11NO3S/c1-6(11(14)15)7-2-3-9-8(4-7)12-10(13)5-16-9/h2-4,6H,5H2,1H3,(H,12,13)(H,14,15). The zero-order valence-corrected chi connectivity index (χ0v) is 9.50. The van der Waals surface area contributed by atoms with E-state index in [-0.39, 0.29) is 5.91 Å². The predicted molar refractivity (Wildman–Crippen MR) is 61.8 cm³/mol. The van der Waals surface area contributed by atoms with Crippen LogP contribution in [0.15, 0.2) is 23.1 Å². The van der Waals surface area contributed by atoms with Crippen molar-refractivity contribution in [2.24, 2.45) is 0 Å². The van der Waals surface area contributed by atoms with Gasteiger partial charge in [-0.25, -0.2) is 0 Å². The Morgan fingerprint density at radius 2 is 2.31 bits per heavy atom. The van der Waals surface area contributed by atoms with Crippen LogP contribution >= 0.6 is 11.8 Å². The van der Waals surface area contributed by atoms with E-state index in [9.17, 15) is 9.59 Å². The molecule has 16 heavy (non-hydrogen) atoms. The molecule has 2 rings (SSSR count). The first-order chi connectivity index (χ1) is 7.58. The summed E-state index contributed by atoms with van der Waals surface area (Å²) in [6.07, 6.45) is 0. The second-order valence-corrected chi connectivity index (χ2v) is 4.67. The fourth-order valence-electron chi connectivity index (χ4n) is 1.51. The molecular weight excluding hydrogens is 226 g/mol. The first-order valence-corrected chi connectivity index (χ1v) is 5.86. The number of nitrogens with one attached hydrogen (secondary N) is 1. The van der Waals surface area contributed by atoms with Crippen LogP contribution in [0.3, 0.4) is 0 Å². The minimum absolute atomic E-state index is 0.0439. The molecule has 1 aromatic rings. The average Bonchev–Trinajstić information content (AvgIpc) is 2.26. The zero-order valence-electron chi connectivity index (χ0n) is 8.69. The SMILES string of the molecule is CC(C(=O)O)c1ccc2c(c1)NC(=O)CS2. The number of amides is 1. The van der Waals surface area contributed by atoms with Gasteiger partial charge >= 0.3 is 5.97 Å². The smallest absolute Gasteiger partial charge is 0.310 e. The highest BCUT2D eigenvalue weighted by molar-refractivity contribution is 8.00.